The average molecular weight is 335 g/mol. The molecule has 2 aromatic carbocycles. The van der Waals surface area contributed by atoms with E-state index in [1.54, 1.807) is 48.5 Å². The standard InChI is InChI=1S/C19H13NO5/c20-10-14-3-1-13(2-4-14)5-8-19(22)23-11-16(21)15-6-7-17-18(9-15)25-12-24-17/h1-9H,11-12H2/b8-5+. The molecule has 6 heteroatoms. The van der Waals surface area contributed by atoms with Gasteiger partial charge in [-0.2, -0.15) is 5.26 Å². The molecule has 1 aliphatic rings. The van der Waals surface area contributed by atoms with Gasteiger partial charge in [0.15, 0.2) is 23.9 Å². The number of esters is 1. The van der Waals surface area contributed by atoms with Crippen molar-refractivity contribution in [2.45, 2.75) is 0 Å². The van der Waals surface area contributed by atoms with E-state index in [4.69, 9.17) is 19.5 Å². The fraction of sp³-hybridized carbons (Fsp3) is 0.105. The summed E-state index contributed by atoms with van der Waals surface area (Å²) in [6.45, 7) is -0.238. The van der Waals surface area contributed by atoms with Gasteiger partial charge in [-0.25, -0.2) is 4.79 Å². The van der Waals surface area contributed by atoms with Crippen LogP contribution in [0.2, 0.25) is 0 Å². The number of hydrogen-bond acceptors (Lipinski definition) is 6. The summed E-state index contributed by atoms with van der Waals surface area (Å²) < 4.78 is 15.3. The van der Waals surface area contributed by atoms with Crippen LogP contribution in [0.5, 0.6) is 11.5 Å². The predicted molar refractivity (Wildman–Crippen MR) is 88.0 cm³/mol. The third-order valence-electron chi connectivity index (χ3n) is 3.49. The molecule has 6 nitrogen and oxygen atoms in total. The van der Waals surface area contributed by atoms with E-state index in [1.807, 2.05) is 6.07 Å². The van der Waals surface area contributed by atoms with Crippen LogP contribution in [0.4, 0.5) is 0 Å². The summed E-state index contributed by atoms with van der Waals surface area (Å²) in [5, 5.41) is 8.73. The number of carbonyl (C=O) groups excluding carboxylic acids is 2. The lowest BCUT2D eigenvalue weighted by Crippen LogP contribution is -2.12. The summed E-state index contributed by atoms with van der Waals surface area (Å²) in [6, 6.07) is 13.5. The summed E-state index contributed by atoms with van der Waals surface area (Å²) in [6.07, 6.45) is 2.78. The molecule has 0 saturated heterocycles. The van der Waals surface area contributed by atoms with Crippen LogP contribution in [0.1, 0.15) is 21.5 Å². The third-order valence-corrected chi connectivity index (χ3v) is 3.49. The average Bonchev–Trinajstić information content (AvgIpc) is 3.12. The molecule has 0 spiro atoms. The van der Waals surface area contributed by atoms with E-state index in [1.165, 1.54) is 6.08 Å². The number of benzene rings is 2. The van der Waals surface area contributed by atoms with E-state index in [2.05, 4.69) is 0 Å². The Hall–Kier alpha value is -3.59. The molecule has 2 aromatic rings. The molecule has 0 atom stereocenters. The van der Waals surface area contributed by atoms with Crippen LogP contribution in [0.3, 0.4) is 0 Å². The number of ether oxygens (including phenoxy) is 3. The van der Waals surface area contributed by atoms with Gasteiger partial charge in [-0.15, -0.1) is 0 Å². The van der Waals surface area contributed by atoms with Crippen molar-refractivity contribution >= 4 is 17.8 Å². The Balaban J connectivity index is 1.53. The molecule has 0 aromatic heterocycles. The number of rotatable bonds is 5. The highest BCUT2D eigenvalue weighted by molar-refractivity contribution is 5.99. The van der Waals surface area contributed by atoms with Crippen molar-refractivity contribution in [3.63, 3.8) is 0 Å². The Kier molecular flexibility index (Phi) is 4.77. The maximum Gasteiger partial charge on any atom is 0.331 e. The van der Waals surface area contributed by atoms with Crippen LogP contribution in [0.15, 0.2) is 48.5 Å². The van der Waals surface area contributed by atoms with E-state index in [0.717, 1.165) is 5.56 Å². The first-order valence-corrected chi connectivity index (χ1v) is 7.43. The first-order valence-electron chi connectivity index (χ1n) is 7.43. The van der Waals surface area contributed by atoms with Crippen molar-refractivity contribution in [2.75, 3.05) is 13.4 Å². The Morgan fingerprint density at radius 2 is 1.88 bits per heavy atom. The predicted octanol–water partition coefficient (Wildman–Crippen LogP) is 2.73. The zero-order chi connectivity index (χ0) is 17.6. The minimum Gasteiger partial charge on any atom is -0.454 e. The normalized spacial score (nSPS) is 12.0. The second-order valence-corrected chi connectivity index (χ2v) is 5.17. The van der Waals surface area contributed by atoms with E-state index < -0.39 is 5.97 Å². The Morgan fingerprint density at radius 1 is 1.12 bits per heavy atom. The van der Waals surface area contributed by atoms with Crippen molar-refractivity contribution in [1.82, 2.24) is 0 Å². The van der Waals surface area contributed by atoms with Crippen LogP contribution in [-0.2, 0) is 9.53 Å². The molecule has 1 aliphatic heterocycles. The first kappa shape index (κ1) is 16.3. The molecule has 0 N–H and O–H groups in total. The van der Waals surface area contributed by atoms with E-state index >= 15 is 0 Å². The molecular weight excluding hydrogens is 322 g/mol. The molecule has 0 bridgehead atoms. The summed E-state index contributed by atoms with van der Waals surface area (Å²) in [5.41, 5.74) is 1.67. The summed E-state index contributed by atoms with van der Waals surface area (Å²) >= 11 is 0. The number of nitriles is 1. The number of nitrogens with zero attached hydrogens (tertiary/aromatic N) is 1. The maximum absolute atomic E-state index is 12.1. The zero-order valence-corrected chi connectivity index (χ0v) is 13.1. The lowest BCUT2D eigenvalue weighted by Gasteiger charge is -2.03. The fourth-order valence-corrected chi connectivity index (χ4v) is 2.17. The maximum atomic E-state index is 12.1. The van der Waals surface area contributed by atoms with Gasteiger partial charge in [0.2, 0.25) is 6.79 Å². The number of carbonyl (C=O) groups is 2. The molecule has 0 saturated carbocycles. The monoisotopic (exact) mass is 335 g/mol. The number of ketones is 1. The van der Waals surface area contributed by atoms with E-state index in [0.29, 0.717) is 22.6 Å². The van der Waals surface area contributed by atoms with Gasteiger partial charge in [-0.05, 0) is 42.0 Å². The SMILES string of the molecule is N#Cc1ccc(/C=C/C(=O)OCC(=O)c2ccc3c(c2)OCO3)cc1. The molecule has 25 heavy (non-hydrogen) atoms. The first-order chi connectivity index (χ1) is 12.2. The molecule has 0 amide bonds. The Bertz CT molecular complexity index is 878. The molecule has 0 aliphatic carbocycles. The quantitative estimate of drug-likeness (QED) is 0.474. The summed E-state index contributed by atoms with van der Waals surface area (Å²) in [4.78, 5) is 23.8. The minimum atomic E-state index is -0.626. The van der Waals surface area contributed by atoms with Gasteiger partial charge in [-0.3, -0.25) is 4.79 Å². The summed E-state index contributed by atoms with van der Waals surface area (Å²) in [7, 11) is 0. The highest BCUT2D eigenvalue weighted by atomic mass is 16.7. The molecule has 0 radical (unpaired) electrons. The van der Waals surface area contributed by atoms with Gasteiger partial charge in [0.25, 0.3) is 0 Å². The van der Waals surface area contributed by atoms with Crippen LogP contribution < -0.4 is 9.47 Å². The van der Waals surface area contributed by atoms with Gasteiger partial charge in [0.1, 0.15) is 0 Å². The van der Waals surface area contributed by atoms with Crippen LogP contribution in [0, 0.1) is 11.3 Å². The molecular formula is C19H13NO5. The minimum absolute atomic E-state index is 0.127. The van der Waals surface area contributed by atoms with Crippen molar-refractivity contribution in [1.29, 1.82) is 5.26 Å². The Morgan fingerprint density at radius 3 is 2.64 bits per heavy atom. The summed E-state index contributed by atoms with van der Waals surface area (Å²) in [5.74, 6) is 0.119. The van der Waals surface area contributed by atoms with Crippen LogP contribution in [0.25, 0.3) is 6.08 Å². The largest absolute Gasteiger partial charge is 0.454 e. The number of hydrogen-bond donors (Lipinski definition) is 0. The van der Waals surface area contributed by atoms with E-state index in [9.17, 15) is 9.59 Å². The molecule has 1 heterocycles. The number of fused-ring (bicyclic) bond motifs is 1. The Labute approximate surface area is 143 Å². The van der Waals surface area contributed by atoms with E-state index in [-0.39, 0.29) is 19.2 Å². The number of Topliss-reactive ketones (excluding diaryl/α,β-unsaturated/α-hetero) is 1. The lowest BCUT2D eigenvalue weighted by molar-refractivity contribution is -0.136. The van der Waals surface area contributed by atoms with Gasteiger partial charge in [0.05, 0.1) is 11.6 Å². The van der Waals surface area contributed by atoms with Crippen LogP contribution in [-0.4, -0.2) is 25.2 Å². The van der Waals surface area contributed by atoms with Gasteiger partial charge < -0.3 is 14.2 Å². The molecule has 0 unspecified atom stereocenters. The highest BCUT2D eigenvalue weighted by Crippen LogP contribution is 2.32. The van der Waals surface area contributed by atoms with Crippen molar-refractivity contribution in [2.24, 2.45) is 0 Å². The molecule has 124 valence electrons. The van der Waals surface area contributed by atoms with Crippen molar-refractivity contribution in [3.8, 4) is 17.6 Å². The van der Waals surface area contributed by atoms with Gasteiger partial charge in [-0.1, -0.05) is 12.1 Å². The zero-order valence-electron chi connectivity index (χ0n) is 13.1. The third kappa shape index (κ3) is 4.03. The van der Waals surface area contributed by atoms with Crippen molar-refractivity contribution in [3.05, 3.63) is 65.2 Å². The fourth-order valence-electron chi connectivity index (χ4n) is 2.17. The second kappa shape index (κ2) is 7.32. The lowest BCUT2D eigenvalue weighted by atomic mass is 10.1. The molecule has 3 rings (SSSR count). The van der Waals surface area contributed by atoms with Crippen LogP contribution >= 0.6 is 0 Å². The topological polar surface area (TPSA) is 85.6 Å². The second-order valence-electron chi connectivity index (χ2n) is 5.17. The smallest absolute Gasteiger partial charge is 0.331 e. The highest BCUT2D eigenvalue weighted by Gasteiger charge is 2.16. The molecule has 0 fully saturated rings. The van der Waals surface area contributed by atoms with Gasteiger partial charge in [0, 0.05) is 11.6 Å². The van der Waals surface area contributed by atoms with Gasteiger partial charge >= 0.3 is 5.97 Å². The van der Waals surface area contributed by atoms with Crippen molar-refractivity contribution < 1.29 is 23.8 Å².